The molecule has 0 radical (unpaired) electrons. The molecule has 3 atom stereocenters. The van der Waals surface area contributed by atoms with Crippen LogP contribution < -0.4 is 16.4 Å². The Morgan fingerprint density at radius 1 is 1.03 bits per heavy atom. The smallest absolute Gasteiger partial charge is 0.408 e. The zero-order chi connectivity index (χ0) is 29.2. The van der Waals surface area contributed by atoms with E-state index in [1.807, 2.05) is 37.3 Å². The standard InChI is InChI=1S/C29H40N4O6/c1-6-19(2)33(27(37)23(16-17-24(30)35)32-28(38)39-29(3,4)5)25(21-12-14-22(34)15-13-21)26(36)31-18-20-10-8-7-9-11-20/h7-15,19,23,25,34H,6,16-18H2,1-5H3,(H2,30,35)(H,31,36)(H,32,38). The fraction of sp³-hybridized carbons (Fsp3) is 0.448. The number of ether oxygens (including phenoxy) is 1. The van der Waals surface area contributed by atoms with Crippen LogP contribution in [0.5, 0.6) is 5.75 Å². The van der Waals surface area contributed by atoms with Gasteiger partial charge in [0, 0.05) is 19.0 Å². The molecule has 0 aliphatic heterocycles. The van der Waals surface area contributed by atoms with Crippen LogP contribution >= 0.6 is 0 Å². The maximum Gasteiger partial charge on any atom is 0.408 e. The van der Waals surface area contributed by atoms with E-state index in [2.05, 4.69) is 10.6 Å². The van der Waals surface area contributed by atoms with Gasteiger partial charge >= 0.3 is 6.09 Å². The van der Waals surface area contributed by atoms with E-state index in [9.17, 15) is 24.3 Å². The Bertz CT molecular complexity index is 1110. The maximum atomic E-state index is 14.1. The molecule has 3 unspecified atom stereocenters. The van der Waals surface area contributed by atoms with Crippen molar-refractivity contribution in [3.8, 4) is 5.75 Å². The van der Waals surface area contributed by atoms with Gasteiger partial charge in [-0.15, -0.1) is 0 Å². The first kappa shape index (κ1) is 31.1. The van der Waals surface area contributed by atoms with Crippen molar-refractivity contribution in [1.82, 2.24) is 15.5 Å². The lowest BCUT2D eigenvalue weighted by atomic mass is 9.98. The Kier molecular flexibility index (Phi) is 11.3. The number of alkyl carbamates (subject to hydrolysis) is 1. The third-order valence-electron chi connectivity index (χ3n) is 6.03. The van der Waals surface area contributed by atoms with Gasteiger partial charge < -0.3 is 31.1 Å². The van der Waals surface area contributed by atoms with Gasteiger partial charge in [-0.05, 0) is 63.8 Å². The average molecular weight is 541 g/mol. The minimum atomic E-state index is -1.18. The van der Waals surface area contributed by atoms with E-state index in [-0.39, 0.29) is 25.1 Å². The highest BCUT2D eigenvalue weighted by Crippen LogP contribution is 2.28. The molecule has 0 aliphatic carbocycles. The molecule has 0 saturated heterocycles. The van der Waals surface area contributed by atoms with Crippen molar-refractivity contribution in [2.75, 3.05) is 0 Å². The first-order valence-electron chi connectivity index (χ1n) is 13.0. The summed E-state index contributed by atoms with van der Waals surface area (Å²) in [6.45, 7) is 8.98. The number of phenols is 1. The zero-order valence-corrected chi connectivity index (χ0v) is 23.3. The van der Waals surface area contributed by atoms with Crippen molar-refractivity contribution < 1.29 is 29.0 Å². The molecule has 212 valence electrons. The number of primary amides is 1. The summed E-state index contributed by atoms with van der Waals surface area (Å²) < 4.78 is 5.34. The SMILES string of the molecule is CCC(C)N(C(=O)C(CCC(N)=O)NC(=O)OC(C)(C)C)C(C(=O)NCc1ccccc1)c1ccc(O)cc1. The van der Waals surface area contributed by atoms with Crippen LogP contribution in [0, 0.1) is 0 Å². The van der Waals surface area contributed by atoms with Crippen molar-refractivity contribution in [3.05, 3.63) is 65.7 Å². The minimum absolute atomic E-state index is 0.00883. The van der Waals surface area contributed by atoms with Crippen LogP contribution in [-0.2, 0) is 25.7 Å². The number of benzene rings is 2. The molecule has 10 heteroatoms. The third-order valence-corrected chi connectivity index (χ3v) is 6.03. The largest absolute Gasteiger partial charge is 0.508 e. The zero-order valence-electron chi connectivity index (χ0n) is 23.3. The van der Waals surface area contributed by atoms with Crippen LogP contribution in [0.25, 0.3) is 0 Å². The molecule has 2 aromatic rings. The highest BCUT2D eigenvalue weighted by Gasteiger charge is 2.38. The van der Waals surface area contributed by atoms with Crippen LogP contribution in [-0.4, -0.2) is 51.5 Å². The van der Waals surface area contributed by atoms with E-state index in [1.165, 1.54) is 17.0 Å². The normalized spacial score (nSPS) is 13.5. The Balaban J connectivity index is 2.49. The first-order valence-corrected chi connectivity index (χ1v) is 13.0. The quantitative estimate of drug-likeness (QED) is 0.323. The lowest BCUT2D eigenvalue weighted by Gasteiger charge is -2.38. The van der Waals surface area contributed by atoms with E-state index < -0.39 is 47.5 Å². The van der Waals surface area contributed by atoms with Gasteiger partial charge in [0.05, 0.1) is 0 Å². The molecular weight excluding hydrogens is 500 g/mol. The van der Waals surface area contributed by atoms with E-state index in [0.717, 1.165) is 5.56 Å². The second-order valence-electron chi connectivity index (χ2n) is 10.4. The van der Waals surface area contributed by atoms with Crippen LogP contribution in [0.3, 0.4) is 0 Å². The Morgan fingerprint density at radius 2 is 1.64 bits per heavy atom. The van der Waals surface area contributed by atoms with Gasteiger partial charge in [-0.2, -0.15) is 0 Å². The third kappa shape index (κ3) is 9.96. The van der Waals surface area contributed by atoms with Crippen molar-refractivity contribution >= 4 is 23.8 Å². The summed E-state index contributed by atoms with van der Waals surface area (Å²) in [5.41, 5.74) is 5.88. The van der Waals surface area contributed by atoms with E-state index >= 15 is 0 Å². The van der Waals surface area contributed by atoms with E-state index in [0.29, 0.717) is 12.0 Å². The summed E-state index contributed by atoms with van der Waals surface area (Å²) >= 11 is 0. The van der Waals surface area contributed by atoms with Crippen LogP contribution in [0.1, 0.15) is 71.0 Å². The first-order chi connectivity index (χ1) is 18.3. The molecule has 0 spiro atoms. The molecule has 0 heterocycles. The molecule has 0 aliphatic rings. The van der Waals surface area contributed by atoms with Gasteiger partial charge in [0.25, 0.3) is 0 Å². The number of rotatable bonds is 12. The minimum Gasteiger partial charge on any atom is -0.508 e. The number of nitrogens with two attached hydrogens (primary N) is 1. The molecule has 0 aromatic heterocycles. The predicted molar refractivity (Wildman–Crippen MR) is 147 cm³/mol. The van der Waals surface area contributed by atoms with Gasteiger partial charge in [-0.3, -0.25) is 14.4 Å². The second-order valence-corrected chi connectivity index (χ2v) is 10.4. The molecule has 5 N–H and O–H groups in total. The summed E-state index contributed by atoms with van der Waals surface area (Å²) in [6, 6.07) is 12.7. The number of carbonyl (C=O) groups is 4. The number of carbonyl (C=O) groups excluding carboxylic acids is 4. The number of nitrogens with one attached hydrogen (secondary N) is 2. The highest BCUT2D eigenvalue weighted by atomic mass is 16.6. The Hall–Kier alpha value is -4.08. The molecule has 0 bridgehead atoms. The summed E-state index contributed by atoms with van der Waals surface area (Å²) in [5.74, 6) is -1.63. The summed E-state index contributed by atoms with van der Waals surface area (Å²) in [4.78, 5) is 53.4. The number of nitrogens with zero attached hydrogens (tertiary/aromatic N) is 1. The van der Waals surface area contributed by atoms with Gasteiger partial charge in [-0.25, -0.2) is 4.79 Å². The van der Waals surface area contributed by atoms with Gasteiger partial charge in [-0.1, -0.05) is 49.4 Å². The molecule has 2 rings (SSSR count). The lowest BCUT2D eigenvalue weighted by molar-refractivity contribution is -0.145. The fourth-order valence-corrected chi connectivity index (χ4v) is 3.95. The average Bonchev–Trinajstić information content (AvgIpc) is 2.87. The number of aromatic hydroxyl groups is 1. The molecule has 0 saturated carbocycles. The molecule has 10 nitrogen and oxygen atoms in total. The number of amides is 4. The number of hydrogen-bond acceptors (Lipinski definition) is 6. The van der Waals surface area contributed by atoms with Crippen molar-refractivity contribution in [3.63, 3.8) is 0 Å². The van der Waals surface area contributed by atoms with Gasteiger partial charge in [0.1, 0.15) is 23.4 Å². The second kappa shape index (κ2) is 14.2. The summed E-state index contributed by atoms with van der Waals surface area (Å²) in [7, 11) is 0. The van der Waals surface area contributed by atoms with Crippen molar-refractivity contribution in [2.24, 2.45) is 5.73 Å². The molecule has 2 aromatic carbocycles. The van der Waals surface area contributed by atoms with Crippen LogP contribution in [0.15, 0.2) is 54.6 Å². The van der Waals surface area contributed by atoms with Crippen molar-refractivity contribution in [2.45, 2.75) is 84.2 Å². The van der Waals surface area contributed by atoms with Crippen LogP contribution in [0.2, 0.25) is 0 Å². The number of hydrogen-bond donors (Lipinski definition) is 4. The monoisotopic (exact) mass is 540 g/mol. The highest BCUT2D eigenvalue weighted by molar-refractivity contribution is 5.92. The molecular formula is C29H40N4O6. The Morgan fingerprint density at radius 3 is 2.18 bits per heavy atom. The van der Waals surface area contributed by atoms with Crippen molar-refractivity contribution in [1.29, 1.82) is 0 Å². The maximum absolute atomic E-state index is 14.1. The topological polar surface area (TPSA) is 151 Å². The van der Waals surface area contributed by atoms with Gasteiger partial charge in [0.2, 0.25) is 17.7 Å². The molecule has 0 fully saturated rings. The summed E-state index contributed by atoms with van der Waals surface area (Å²) in [6.07, 6.45) is -0.565. The lowest BCUT2D eigenvalue weighted by Crippen LogP contribution is -2.55. The van der Waals surface area contributed by atoms with E-state index in [4.69, 9.17) is 10.5 Å². The Labute approximate surface area is 229 Å². The molecule has 39 heavy (non-hydrogen) atoms. The summed E-state index contributed by atoms with van der Waals surface area (Å²) in [5, 5.41) is 15.3. The van der Waals surface area contributed by atoms with Crippen LogP contribution in [0.4, 0.5) is 4.79 Å². The predicted octanol–water partition coefficient (Wildman–Crippen LogP) is 3.54. The fourth-order valence-electron chi connectivity index (χ4n) is 3.95. The number of phenolic OH excluding ortho intramolecular Hbond substituents is 1. The van der Waals surface area contributed by atoms with E-state index in [1.54, 1.807) is 39.8 Å². The van der Waals surface area contributed by atoms with Gasteiger partial charge in [0.15, 0.2) is 0 Å². The molecule has 4 amide bonds.